The van der Waals surface area contributed by atoms with Crippen LogP contribution in [0.2, 0.25) is 0 Å². The van der Waals surface area contributed by atoms with E-state index in [0.29, 0.717) is 6.04 Å². The molecule has 0 amide bonds. The summed E-state index contributed by atoms with van der Waals surface area (Å²) >= 11 is 0. The van der Waals surface area contributed by atoms with Crippen LogP contribution in [0.3, 0.4) is 0 Å². The van der Waals surface area contributed by atoms with Gasteiger partial charge in [-0.2, -0.15) is 0 Å². The van der Waals surface area contributed by atoms with E-state index in [2.05, 4.69) is 49.2 Å². The summed E-state index contributed by atoms with van der Waals surface area (Å²) in [6.07, 6.45) is 3.01. The Hall–Kier alpha value is -0.930. The molecule has 0 bridgehead atoms. The molecule has 90 valence electrons. The van der Waals surface area contributed by atoms with Gasteiger partial charge < -0.3 is 10.2 Å². The highest BCUT2D eigenvalue weighted by Crippen LogP contribution is 2.03. The number of pyridine rings is 1. The Balaban J connectivity index is 2.38. The Labute approximate surface area is 98.9 Å². The van der Waals surface area contributed by atoms with Gasteiger partial charge in [0, 0.05) is 31.0 Å². The normalized spacial score (nSPS) is 13.1. The first-order valence-corrected chi connectivity index (χ1v) is 5.92. The third kappa shape index (κ3) is 3.91. The van der Waals surface area contributed by atoms with Crippen LogP contribution in [0.1, 0.15) is 24.6 Å². The van der Waals surface area contributed by atoms with E-state index in [1.165, 1.54) is 12.0 Å². The van der Waals surface area contributed by atoms with E-state index in [1.807, 2.05) is 12.3 Å². The predicted octanol–water partition coefficient (Wildman–Crippen LogP) is 1.82. The number of rotatable bonds is 6. The number of hydrogen-bond donors (Lipinski definition) is 1. The molecule has 0 saturated carbocycles. The lowest BCUT2D eigenvalue weighted by atomic mass is 10.2. The van der Waals surface area contributed by atoms with Crippen LogP contribution in [-0.4, -0.2) is 36.6 Å². The van der Waals surface area contributed by atoms with E-state index < -0.39 is 0 Å². The largest absolute Gasteiger partial charge is 0.311 e. The Morgan fingerprint density at radius 2 is 2.19 bits per heavy atom. The van der Waals surface area contributed by atoms with E-state index in [-0.39, 0.29) is 0 Å². The third-order valence-electron chi connectivity index (χ3n) is 3.01. The quantitative estimate of drug-likeness (QED) is 0.794. The van der Waals surface area contributed by atoms with Crippen LogP contribution in [0, 0.1) is 6.92 Å². The van der Waals surface area contributed by atoms with E-state index in [9.17, 15) is 0 Å². The molecule has 0 aliphatic carbocycles. The standard InChI is InChI=1S/C13H23N3/c1-5-13(16(3)4)10-14-9-12-7-6-8-15-11(12)2/h6-8,13-14H,5,9-10H2,1-4H3. The van der Waals surface area contributed by atoms with Crippen molar-refractivity contribution in [3.05, 3.63) is 29.6 Å². The number of nitrogens with one attached hydrogen (secondary N) is 1. The molecule has 1 rings (SSSR count). The fourth-order valence-electron chi connectivity index (χ4n) is 1.77. The van der Waals surface area contributed by atoms with E-state index in [4.69, 9.17) is 0 Å². The molecule has 1 N–H and O–H groups in total. The first kappa shape index (κ1) is 13.1. The lowest BCUT2D eigenvalue weighted by Crippen LogP contribution is -2.37. The van der Waals surface area contributed by atoms with Crippen LogP contribution in [0.5, 0.6) is 0 Å². The Kier molecular flexibility index (Phi) is 5.43. The SMILES string of the molecule is CCC(CNCc1cccnc1C)N(C)C. The molecular weight excluding hydrogens is 198 g/mol. The summed E-state index contributed by atoms with van der Waals surface area (Å²) in [4.78, 5) is 6.55. The van der Waals surface area contributed by atoms with Crippen LogP contribution >= 0.6 is 0 Å². The summed E-state index contributed by atoms with van der Waals surface area (Å²) in [6, 6.07) is 4.73. The van der Waals surface area contributed by atoms with Crippen LogP contribution in [0.25, 0.3) is 0 Å². The summed E-state index contributed by atoms with van der Waals surface area (Å²) in [6.45, 7) is 6.21. The van der Waals surface area contributed by atoms with Gasteiger partial charge in [0.05, 0.1) is 0 Å². The van der Waals surface area contributed by atoms with Gasteiger partial charge in [-0.05, 0) is 39.1 Å². The summed E-state index contributed by atoms with van der Waals surface area (Å²) in [5.74, 6) is 0. The van der Waals surface area contributed by atoms with E-state index in [1.54, 1.807) is 0 Å². The lowest BCUT2D eigenvalue weighted by molar-refractivity contribution is 0.276. The fraction of sp³-hybridized carbons (Fsp3) is 0.615. The van der Waals surface area contributed by atoms with Gasteiger partial charge in [0.15, 0.2) is 0 Å². The van der Waals surface area contributed by atoms with Crippen molar-refractivity contribution in [2.24, 2.45) is 0 Å². The molecule has 3 nitrogen and oxygen atoms in total. The van der Waals surface area contributed by atoms with Crippen molar-refractivity contribution in [3.8, 4) is 0 Å². The molecule has 1 atom stereocenters. The van der Waals surface area contributed by atoms with Gasteiger partial charge in [0.2, 0.25) is 0 Å². The third-order valence-corrected chi connectivity index (χ3v) is 3.01. The van der Waals surface area contributed by atoms with Gasteiger partial charge in [-0.3, -0.25) is 4.98 Å². The van der Waals surface area contributed by atoms with E-state index >= 15 is 0 Å². The maximum atomic E-state index is 4.28. The topological polar surface area (TPSA) is 28.2 Å². The van der Waals surface area contributed by atoms with Crippen molar-refractivity contribution in [1.82, 2.24) is 15.2 Å². The smallest absolute Gasteiger partial charge is 0.0417 e. The monoisotopic (exact) mass is 221 g/mol. The zero-order chi connectivity index (χ0) is 12.0. The Morgan fingerprint density at radius 1 is 1.44 bits per heavy atom. The van der Waals surface area contributed by atoms with Gasteiger partial charge in [-0.25, -0.2) is 0 Å². The first-order chi connectivity index (χ1) is 7.65. The highest BCUT2D eigenvalue weighted by Gasteiger charge is 2.07. The van der Waals surface area contributed by atoms with Gasteiger partial charge in [-0.1, -0.05) is 13.0 Å². The van der Waals surface area contributed by atoms with Crippen LogP contribution in [0.15, 0.2) is 18.3 Å². The minimum absolute atomic E-state index is 0.608. The fourth-order valence-corrected chi connectivity index (χ4v) is 1.77. The van der Waals surface area contributed by atoms with Crippen molar-refractivity contribution in [2.75, 3.05) is 20.6 Å². The average molecular weight is 221 g/mol. The lowest BCUT2D eigenvalue weighted by Gasteiger charge is -2.23. The van der Waals surface area contributed by atoms with Crippen molar-refractivity contribution in [3.63, 3.8) is 0 Å². The second kappa shape index (κ2) is 6.61. The molecule has 0 aliphatic rings. The molecule has 16 heavy (non-hydrogen) atoms. The summed E-state index contributed by atoms with van der Waals surface area (Å²) in [5.41, 5.74) is 2.41. The molecule has 0 aromatic carbocycles. The van der Waals surface area contributed by atoms with E-state index in [0.717, 1.165) is 18.8 Å². The first-order valence-electron chi connectivity index (χ1n) is 5.92. The molecule has 0 saturated heterocycles. The van der Waals surface area contributed by atoms with Gasteiger partial charge in [0.1, 0.15) is 0 Å². The molecule has 1 aromatic heterocycles. The van der Waals surface area contributed by atoms with Crippen molar-refractivity contribution in [2.45, 2.75) is 32.9 Å². The van der Waals surface area contributed by atoms with Crippen molar-refractivity contribution < 1.29 is 0 Å². The maximum absolute atomic E-state index is 4.28. The Bertz CT molecular complexity index is 310. The highest BCUT2D eigenvalue weighted by atomic mass is 15.1. The number of hydrogen-bond acceptors (Lipinski definition) is 3. The number of aryl methyl sites for hydroxylation is 1. The number of likely N-dealkylation sites (N-methyl/N-ethyl adjacent to an activating group) is 1. The summed E-state index contributed by atoms with van der Waals surface area (Å²) in [5, 5.41) is 3.49. The molecule has 3 heteroatoms. The van der Waals surface area contributed by atoms with Crippen LogP contribution in [0.4, 0.5) is 0 Å². The van der Waals surface area contributed by atoms with Crippen LogP contribution < -0.4 is 5.32 Å². The molecule has 0 fully saturated rings. The molecule has 1 unspecified atom stereocenters. The maximum Gasteiger partial charge on any atom is 0.0417 e. The molecule has 0 spiro atoms. The average Bonchev–Trinajstić information content (AvgIpc) is 2.26. The number of aromatic nitrogens is 1. The molecule has 1 aromatic rings. The zero-order valence-electron chi connectivity index (χ0n) is 10.8. The van der Waals surface area contributed by atoms with Gasteiger partial charge >= 0.3 is 0 Å². The second-order valence-corrected chi connectivity index (χ2v) is 4.40. The molecular formula is C13H23N3. The number of nitrogens with zero attached hydrogens (tertiary/aromatic N) is 2. The highest BCUT2D eigenvalue weighted by molar-refractivity contribution is 5.17. The zero-order valence-corrected chi connectivity index (χ0v) is 10.8. The van der Waals surface area contributed by atoms with Crippen LogP contribution in [-0.2, 0) is 6.54 Å². The Morgan fingerprint density at radius 3 is 2.75 bits per heavy atom. The molecule has 0 aliphatic heterocycles. The van der Waals surface area contributed by atoms with Gasteiger partial charge in [-0.15, -0.1) is 0 Å². The summed E-state index contributed by atoms with van der Waals surface area (Å²) in [7, 11) is 4.26. The second-order valence-electron chi connectivity index (χ2n) is 4.40. The minimum atomic E-state index is 0.608. The van der Waals surface area contributed by atoms with Gasteiger partial charge in [0.25, 0.3) is 0 Å². The minimum Gasteiger partial charge on any atom is -0.311 e. The van der Waals surface area contributed by atoms with Crippen molar-refractivity contribution >= 4 is 0 Å². The van der Waals surface area contributed by atoms with Crippen molar-refractivity contribution in [1.29, 1.82) is 0 Å². The summed E-state index contributed by atoms with van der Waals surface area (Å²) < 4.78 is 0. The molecule has 0 radical (unpaired) electrons. The predicted molar refractivity (Wildman–Crippen MR) is 68.4 cm³/mol. The molecule has 1 heterocycles.